The highest BCUT2D eigenvalue weighted by atomic mass is 16.4. The van der Waals surface area contributed by atoms with Crippen LogP contribution in [0.1, 0.15) is 11.1 Å². The normalized spacial score (nSPS) is 11.2. The van der Waals surface area contributed by atoms with Crippen molar-refractivity contribution in [3.63, 3.8) is 0 Å². The van der Waals surface area contributed by atoms with Gasteiger partial charge in [0.15, 0.2) is 0 Å². The van der Waals surface area contributed by atoms with E-state index in [2.05, 4.69) is 175 Å². The number of hydrogen-bond donors (Lipinski definition) is 0. The van der Waals surface area contributed by atoms with Gasteiger partial charge in [-0.25, -0.2) is 9.97 Å². The van der Waals surface area contributed by atoms with E-state index in [1.54, 1.807) is 0 Å². The number of nitrogens with zero attached hydrogens (tertiary/aromatic N) is 5. The van der Waals surface area contributed by atoms with Crippen LogP contribution in [0.5, 0.6) is 0 Å². The Balaban J connectivity index is 1.06. The fourth-order valence-electron chi connectivity index (χ4n) is 7.63. The molecule has 0 aliphatic rings. The number of anilines is 3. The molecule has 2 aromatic heterocycles. The van der Waals surface area contributed by atoms with Gasteiger partial charge in [0.2, 0.25) is 11.8 Å². The van der Waals surface area contributed by atoms with E-state index in [4.69, 9.17) is 14.4 Å². The van der Waals surface area contributed by atoms with E-state index in [1.807, 2.05) is 54.6 Å². The van der Waals surface area contributed by atoms with E-state index < -0.39 is 0 Å². The first-order chi connectivity index (χ1) is 29.5. The van der Waals surface area contributed by atoms with Crippen molar-refractivity contribution in [2.75, 3.05) is 4.90 Å². The van der Waals surface area contributed by atoms with Gasteiger partial charge >= 0.3 is 0 Å². The van der Waals surface area contributed by atoms with Gasteiger partial charge in [0.1, 0.15) is 0 Å². The van der Waals surface area contributed by atoms with Gasteiger partial charge in [-0.3, -0.25) is 0 Å². The summed E-state index contributed by atoms with van der Waals surface area (Å²) in [4.78, 5) is 13.1. The molecule has 2 heterocycles. The summed E-state index contributed by atoms with van der Waals surface area (Å²) in [5.74, 6) is 0.963. The number of fused-ring (bicyclic) bond motifs is 1. The smallest absolute Gasteiger partial charge is 0.248 e. The highest BCUT2D eigenvalue weighted by molar-refractivity contribution is 5.96. The van der Waals surface area contributed by atoms with E-state index in [-0.39, 0.29) is 0 Å². The molecule has 0 radical (unpaired) electrons. The molecule has 10 aromatic rings. The van der Waals surface area contributed by atoms with Crippen LogP contribution in [0, 0.1) is 13.8 Å². The van der Waals surface area contributed by atoms with E-state index in [0.717, 1.165) is 84.0 Å². The minimum Gasteiger partial charge on any atom is -0.416 e. The third-order valence-corrected chi connectivity index (χ3v) is 10.8. The van der Waals surface area contributed by atoms with Crippen LogP contribution in [0.25, 0.3) is 78.7 Å². The number of benzene rings is 8. The van der Waals surface area contributed by atoms with Crippen LogP contribution in [0.2, 0.25) is 0 Å². The van der Waals surface area contributed by atoms with Gasteiger partial charge in [-0.2, -0.15) is 0 Å². The average molecular weight is 774 g/mol. The van der Waals surface area contributed by atoms with E-state index in [1.165, 1.54) is 11.1 Å². The molecule has 6 heteroatoms. The molecular formula is C54H39N5O. The molecule has 0 aliphatic heterocycles. The van der Waals surface area contributed by atoms with E-state index in [9.17, 15) is 0 Å². The first-order valence-corrected chi connectivity index (χ1v) is 20.0. The average Bonchev–Trinajstić information content (AvgIpc) is 3.81. The molecule has 0 bridgehead atoms. The molecule has 0 aliphatic carbocycles. The summed E-state index contributed by atoms with van der Waals surface area (Å²) in [5, 5.41) is 8.64. The van der Waals surface area contributed by atoms with Gasteiger partial charge in [0.25, 0.3) is 0 Å². The van der Waals surface area contributed by atoms with Crippen molar-refractivity contribution in [2.45, 2.75) is 13.8 Å². The topological polar surface area (TPSA) is 67.9 Å². The molecule has 0 fully saturated rings. The summed E-state index contributed by atoms with van der Waals surface area (Å²) in [6.07, 6.45) is 0. The molecule has 8 aromatic carbocycles. The summed E-state index contributed by atoms with van der Waals surface area (Å²) in [6.45, 7) is 4.24. The number of aromatic nitrogens is 4. The molecular weight excluding hydrogens is 735 g/mol. The lowest BCUT2D eigenvalue weighted by atomic mass is 9.92. The Morgan fingerprint density at radius 1 is 0.350 bits per heavy atom. The van der Waals surface area contributed by atoms with Gasteiger partial charge in [-0.05, 0) is 109 Å². The Labute approximate surface area is 349 Å². The van der Waals surface area contributed by atoms with Crippen molar-refractivity contribution in [1.82, 2.24) is 20.2 Å². The Hall–Kier alpha value is -7.96. The molecule has 0 saturated heterocycles. The van der Waals surface area contributed by atoms with Crippen molar-refractivity contribution < 1.29 is 4.42 Å². The Morgan fingerprint density at radius 2 is 0.700 bits per heavy atom. The van der Waals surface area contributed by atoms with Crippen molar-refractivity contribution in [3.05, 3.63) is 211 Å². The second kappa shape index (κ2) is 15.8. The minimum absolute atomic E-state index is 0.471. The van der Waals surface area contributed by atoms with E-state index in [0.29, 0.717) is 11.8 Å². The predicted molar refractivity (Wildman–Crippen MR) is 244 cm³/mol. The van der Waals surface area contributed by atoms with Crippen LogP contribution in [-0.4, -0.2) is 20.2 Å². The quantitative estimate of drug-likeness (QED) is 0.145. The highest BCUT2D eigenvalue weighted by Gasteiger charge is 2.19. The Morgan fingerprint density at radius 3 is 1.17 bits per heavy atom. The SMILES string of the molecule is Cc1ccc(-c2cc3nc(-c4ccccc4)c(-c4ccc(N(c5ccccc5)c5ccc(-c6nnc(-c7ccccc7)o6)cc5)cc4)nc3cc2-c2ccc(C)cc2)cc1. The molecule has 0 atom stereocenters. The zero-order chi connectivity index (χ0) is 40.4. The lowest BCUT2D eigenvalue weighted by molar-refractivity contribution is 0.584. The third kappa shape index (κ3) is 7.23. The largest absolute Gasteiger partial charge is 0.416 e. The number of aryl methyl sites for hydroxylation is 2. The zero-order valence-electron chi connectivity index (χ0n) is 33.2. The van der Waals surface area contributed by atoms with Crippen molar-refractivity contribution in [3.8, 4) is 67.7 Å². The second-order valence-corrected chi connectivity index (χ2v) is 14.9. The Bertz CT molecular complexity index is 3060. The first kappa shape index (κ1) is 36.4. The summed E-state index contributed by atoms with van der Waals surface area (Å²) in [7, 11) is 0. The molecule has 286 valence electrons. The van der Waals surface area contributed by atoms with Gasteiger partial charge in [-0.15, -0.1) is 10.2 Å². The summed E-state index contributed by atoms with van der Waals surface area (Å²) in [6, 6.07) is 69.2. The molecule has 0 saturated carbocycles. The van der Waals surface area contributed by atoms with Crippen molar-refractivity contribution >= 4 is 28.1 Å². The van der Waals surface area contributed by atoms with Crippen molar-refractivity contribution in [1.29, 1.82) is 0 Å². The molecule has 0 amide bonds. The molecule has 0 spiro atoms. The van der Waals surface area contributed by atoms with Gasteiger partial charge < -0.3 is 9.32 Å². The summed E-state index contributed by atoms with van der Waals surface area (Å²) in [5.41, 5.74) is 17.0. The number of hydrogen-bond acceptors (Lipinski definition) is 6. The Kier molecular flexibility index (Phi) is 9.56. The van der Waals surface area contributed by atoms with Gasteiger partial charge in [0, 0.05) is 39.3 Å². The maximum absolute atomic E-state index is 6.07. The standard InChI is InChI=1S/C54H39N5O/c1-36-18-22-38(23-19-36)47-34-49-50(35-48(47)39-24-20-37(2)21-25-39)56-52(51(55-49)40-12-6-3-7-13-40)41-26-30-45(31-27-41)59(44-16-10-5-11-17-44)46-32-28-43(29-33-46)54-58-57-53(60-54)42-14-8-4-9-15-42/h3-35H,1-2H3. The lowest BCUT2D eigenvalue weighted by Gasteiger charge is -2.25. The van der Waals surface area contributed by atoms with Crippen LogP contribution in [0.4, 0.5) is 17.1 Å². The third-order valence-electron chi connectivity index (χ3n) is 10.8. The van der Waals surface area contributed by atoms with Crippen LogP contribution in [0.15, 0.2) is 205 Å². The highest BCUT2D eigenvalue weighted by Crippen LogP contribution is 2.40. The van der Waals surface area contributed by atoms with E-state index >= 15 is 0 Å². The fourth-order valence-corrected chi connectivity index (χ4v) is 7.63. The summed E-state index contributed by atoms with van der Waals surface area (Å²) < 4.78 is 6.07. The van der Waals surface area contributed by atoms with Crippen molar-refractivity contribution in [2.24, 2.45) is 0 Å². The second-order valence-electron chi connectivity index (χ2n) is 14.9. The molecule has 0 N–H and O–H groups in total. The van der Waals surface area contributed by atoms with Crippen LogP contribution >= 0.6 is 0 Å². The molecule has 6 nitrogen and oxygen atoms in total. The molecule has 60 heavy (non-hydrogen) atoms. The fraction of sp³-hybridized carbons (Fsp3) is 0.0370. The van der Waals surface area contributed by atoms with Gasteiger partial charge in [-0.1, -0.05) is 139 Å². The minimum atomic E-state index is 0.471. The summed E-state index contributed by atoms with van der Waals surface area (Å²) >= 11 is 0. The lowest BCUT2D eigenvalue weighted by Crippen LogP contribution is -2.09. The zero-order valence-corrected chi connectivity index (χ0v) is 33.2. The van der Waals surface area contributed by atoms with Crippen LogP contribution < -0.4 is 4.90 Å². The maximum Gasteiger partial charge on any atom is 0.248 e. The van der Waals surface area contributed by atoms with Crippen LogP contribution in [-0.2, 0) is 0 Å². The molecule has 10 rings (SSSR count). The first-order valence-electron chi connectivity index (χ1n) is 20.0. The van der Waals surface area contributed by atoms with Gasteiger partial charge in [0.05, 0.1) is 22.4 Å². The predicted octanol–water partition coefficient (Wildman–Crippen LogP) is 14.1. The monoisotopic (exact) mass is 773 g/mol. The molecule has 0 unspecified atom stereocenters. The number of rotatable bonds is 9. The van der Waals surface area contributed by atoms with Crippen LogP contribution in [0.3, 0.4) is 0 Å². The maximum atomic E-state index is 6.07. The number of para-hydroxylation sites is 1.